The maximum atomic E-state index is 12.5. The molecule has 6 heteroatoms. The second-order valence-electron chi connectivity index (χ2n) is 7.59. The molecule has 0 aliphatic rings. The first-order chi connectivity index (χ1) is 13.1. The van der Waals surface area contributed by atoms with Crippen LogP contribution in [0.25, 0.3) is 0 Å². The van der Waals surface area contributed by atoms with Crippen LogP contribution in [-0.2, 0) is 4.74 Å². The van der Waals surface area contributed by atoms with Crippen molar-refractivity contribution < 1.29 is 19.1 Å². The Morgan fingerprint density at radius 3 is 2.18 bits per heavy atom. The Bertz CT molecular complexity index is 793. The highest BCUT2D eigenvalue weighted by Crippen LogP contribution is 2.14. The number of hydrogen-bond acceptors (Lipinski definition) is 4. The van der Waals surface area contributed by atoms with Crippen molar-refractivity contribution in [2.75, 3.05) is 25.5 Å². The van der Waals surface area contributed by atoms with Gasteiger partial charge in [0.1, 0.15) is 18.0 Å². The van der Waals surface area contributed by atoms with Crippen molar-refractivity contribution >= 4 is 17.7 Å². The Morgan fingerprint density at radius 2 is 1.61 bits per heavy atom. The van der Waals surface area contributed by atoms with Gasteiger partial charge in [0.2, 0.25) is 0 Å². The number of benzene rings is 2. The molecule has 150 valence electrons. The molecule has 0 bridgehead atoms. The molecule has 0 radical (unpaired) electrons. The van der Waals surface area contributed by atoms with E-state index in [2.05, 4.69) is 5.32 Å². The molecule has 28 heavy (non-hydrogen) atoms. The van der Waals surface area contributed by atoms with E-state index in [4.69, 9.17) is 9.47 Å². The largest absolute Gasteiger partial charge is 0.492 e. The van der Waals surface area contributed by atoms with Crippen molar-refractivity contribution in [3.63, 3.8) is 0 Å². The van der Waals surface area contributed by atoms with Crippen molar-refractivity contribution in [3.8, 4) is 5.75 Å². The Hall–Kier alpha value is -3.02. The Morgan fingerprint density at radius 1 is 1.00 bits per heavy atom. The number of carbonyl (C=O) groups is 2. The average Bonchev–Trinajstić information content (AvgIpc) is 2.61. The molecule has 0 fully saturated rings. The smallest absolute Gasteiger partial charge is 0.412 e. The van der Waals surface area contributed by atoms with Gasteiger partial charge < -0.3 is 14.4 Å². The standard InChI is InChI=1S/C22H28N2O4/c1-16-6-12-19(13-7-16)27-15-14-24(5)20(25)17-8-10-18(11-9-17)23-21(26)28-22(2,3)4/h6-13H,14-15H2,1-5H3,(H,23,26). The molecule has 0 atom stereocenters. The van der Waals surface area contributed by atoms with Gasteiger partial charge in [0.15, 0.2) is 0 Å². The minimum absolute atomic E-state index is 0.115. The predicted octanol–water partition coefficient (Wildman–Crippen LogP) is 4.49. The Labute approximate surface area is 166 Å². The van der Waals surface area contributed by atoms with Crippen LogP contribution in [0.2, 0.25) is 0 Å². The molecule has 2 aromatic rings. The van der Waals surface area contributed by atoms with Gasteiger partial charge in [-0.3, -0.25) is 10.1 Å². The van der Waals surface area contributed by atoms with Gasteiger partial charge in [-0.1, -0.05) is 17.7 Å². The lowest BCUT2D eigenvalue weighted by Gasteiger charge is -2.20. The first-order valence-corrected chi connectivity index (χ1v) is 9.19. The highest BCUT2D eigenvalue weighted by atomic mass is 16.6. The first kappa shape index (κ1) is 21.3. The molecule has 2 aromatic carbocycles. The van der Waals surface area contributed by atoms with Crippen molar-refractivity contribution in [3.05, 3.63) is 59.7 Å². The molecule has 0 spiro atoms. The summed E-state index contributed by atoms with van der Waals surface area (Å²) in [5.74, 6) is 0.667. The number of aryl methyl sites for hydroxylation is 1. The molecule has 0 aliphatic carbocycles. The van der Waals surface area contributed by atoms with Crippen LogP contribution >= 0.6 is 0 Å². The summed E-state index contributed by atoms with van der Waals surface area (Å²) in [5, 5.41) is 2.64. The Balaban J connectivity index is 1.84. The van der Waals surface area contributed by atoms with E-state index in [1.165, 1.54) is 5.56 Å². The van der Waals surface area contributed by atoms with Crippen LogP contribution in [0.15, 0.2) is 48.5 Å². The SMILES string of the molecule is Cc1ccc(OCCN(C)C(=O)c2ccc(NC(=O)OC(C)(C)C)cc2)cc1. The summed E-state index contributed by atoms with van der Waals surface area (Å²) in [6.07, 6.45) is -0.531. The molecule has 2 amide bonds. The number of hydrogen-bond donors (Lipinski definition) is 1. The molecule has 1 N–H and O–H groups in total. The van der Waals surface area contributed by atoms with Crippen LogP contribution < -0.4 is 10.1 Å². The van der Waals surface area contributed by atoms with Gasteiger partial charge in [0, 0.05) is 18.3 Å². The van der Waals surface area contributed by atoms with Crippen LogP contribution in [0.3, 0.4) is 0 Å². The second-order valence-corrected chi connectivity index (χ2v) is 7.59. The van der Waals surface area contributed by atoms with Gasteiger partial charge in [-0.15, -0.1) is 0 Å². The van der Waals surface area contributed by atoms with Gasteiger partial charge >= 0.3 is 6.09 Å². The van der Waals surface area contributed by atoms with E-state index in [-0.39, 0.29) is 5.91 Å². The number of nitrogens with zero attached hydrogens (tertiary/aromatic N) is 1. The quantitative estimate of drug-likeness (QED) is 0.797. The first-order valence-electron chi connectivity index (χ1n) is 9.19. The number of amides is 2. The molecule has 0 saturated heterocycles. The van der Waals surface area contributed by atoms with Crippen LogP contribution in [0, 0.1) is 6.92 Å². The van der Waals surface area contributed by atoms with E-state index in [0.29, 0.717) is 24.4 Å². The zero-order valence-corrected chi connectivity index (χ0v) is 17.1. The fraction of sp³-hybridized carbons (Fsp3) is 0.364. The third-order valence-corrected chi connectivity index (χ3v) is 3.84. The number of ether oxygens (including phenoxy) is 2. The summed E-state index contributed by atoms with van der Waals surface area (Å²) in [7, 11) is 1.73. The molecule has 0 heterocycles. The summed E-state index contributed by atoms with van der Waals surface area (Å²) in [6.45, 7) is 8.28. The van der Waals surface area contributed by atoms with Crippen molar-refractivity contribution in [2.24, 2.45) is 0 Å². The lowest BCUT2D eigenvalue weighted by Crippen LogP contribution is -2.31. The van der Waals surface area contributed by atoms with E-state index in [9.17, 15) is 9.59 Å². The summed E-state index contributed by atoms with van der Waals surface area (Å²) < 4.78 is 10.9. The number of carbonyl (C=O) groups excluding carboxylic acids is 2. The highest BCUT2D eigenvalue weighted by molar-refractivity contribution is 5.95. The maximum absolute atomic E-state index is 12.5. The molecule has 0 unspecified atom stereocenters. The minimum atomic E-state index is -0.566. The van der Waals surface area contributed by atoms with Crippen LogP contribution in [-0.4, -0.2) is 42.7 Å². The van der Waals surface area contributed by atoms with E-state index in [0.717, 1.165) is 5.75 Å². The molecule has 6 nitrogen and oxygen atoms in total. The van der Waals surface area contributed by atoms with Gasteiger partial charge in [-0.05, 0) is 64.1 Å². The highest BCUT2D eigenvalue weighted by Gasteiger charge is 2.16. The maximum Gasteiger partial charge on any atom is 0.412 e. The van der Waals surface area contributed by atoms with E-state index < -0.39 is 11.7 Å². The normalized spacial score (nSPS) is 10.9. The van der Waals surface area contributed by atoms with Gasteiger partial charge in [0.25, 0.3) is 5.91 Å². The fourth-order valence-corrected chi connectivity index (χ4v) is 2.37. The average molecular weight is 384 g/mol. The lowest BCUT2D eigenvalue weighted by atomic mass is 10.2. The summed E-state index contributed by atoms with van der Waals surface area (Å²) >= 11 is 0. The van der Waals surface area contributed by atoms with Crippen molar-refractivity contribution in [2.45, 2.75) is 33.3 Å². The Kier molecular flexibility index (Phi) is 7.04. The minimum Gasteiger partial charge on any atom is -0.492 e. The number of rotatable bonds is 6. The number of likely N-dealkylation sites (N-methyl/N-ethyl adjacent to an activating group) is 1. The molecular formula is C22H28N2O4. The third kappa shape index (κ3) is 6.95. The van der Waals surface area contributed by atoms with Crippen molar-refractivity contribution in [1.29, 1.82) is 0 Å². The summed E-state index contributed by atoms with van der Waals surface area (Å²) in [4.78, 5) is 25.9. The predicted molar refractivity (Wildman–Crippen MR) is 110 cm³/mol. The van der Waals surface area contributed by atoms with E-state index >= 15 is 0 Å². The summed E-state index contributed by atoms with van der Waals surface area (Å²) in [6, 6.07) is 14.5. The van der Waals surface area contributed by atoms with Crippen molar-refractivity contribution in [1.82, 2.24) is 4.90 Å². The molecule has 0 aliphatic heterocycles. The summed E-state index contributed by atoms with van der Waals surface area (Å²) in [5.41, 5.74) is 1.71. The van der Waals surface area contributed by atoms with Crippen LogP contribution in [0.4, 0.5) is 10.5 Å². The number of nitrogens with one attached hydrogen (secondary N) is 1. The zero-order chi connectivity index (χ0) is 20.7. The fourth-order valence-electron chi connectivity index (χ4n) is 2.37. The van der Waals surface area contributed by atoms with E-state index in [1.807, 2.05) is 31.2 Å². The van der Waals surface area contributed by atoms with Gasteiger partial charge in [0.05, 0.1) is 6.54 Å². The second kappa shape index (κ2) is 9.26. The van der Waals surface area contributed by atoms with Crippen LogP contribution in [0.5, 0.6) is 5.75 Å². The monoisotopic (exact) mass is 384 g/mol. The van der Waals surface area contributed by atoms with Gasteiger partial charge in [-0.2, -0.15) is 0 Å². The lowest BCUT2D eigenvalue weighted by molar-refractivity contribution is 0.0635. The van der Waals surface area contributed by atoms with E-state index in [1.54, 1.807) is 57.0 Å². The topological polar surface area (TPSA) is 67.9 Å². The number of anilines is 1. The molecule has 0 aromatic heterocycles. The molecule has 0 saturated carbocycles. The molecular weight excluding hydrogens is 356 g/mol. The third-order valence-electron chi connectivity index (χ3n) is 3.84. The van der Waals surface area contributed by atoms with Gasteiger partial charge in [-0.25, -0.2) is 4.79 Å². The van der Waals surface area contributed by atoms with Crippen LogP contribution in [0.1, 0.15) is 36.7 Å². The zero-order valence-electron chi connectivity index (χ0n) is 17.1. The molecule has 2 rings (SSSR count).